The average molecular weight is 523 g/mol. The molecule has 2 amide bonds. The zero-order valence-electron chi connectivity index (χ0n) is 13.7. The van der Waals surface area contributed by atoms with Gasteiger partial charge in [0, 0.05) is 22.7 Å². The van der Waals surface area contributed by atoms with Gasteiger partial charge in [-0.15, -0.1) is 0 Å². The quantitative estimate of drug-likeness (QED) is 0.316. The molecule has 150 valence electrons. The Balaban J connectivity index is 2.11. The molecular weight excluding hydrogens is 512 g/mol. The number of carbonyl (C=O) groups excluding carboxylic acids is 2. The first-order chi connectivity index (χ1) is 13.0. The van der Waals surface area contributed by atoms with E-state index >= 15 is 0 Å². The first-order valence-electron chi connectivity index (χ1n) is 7.55. The Morgan fingerprint density at radius 3 is 2.14 bits per heavy atom. The van der Waals surface area contributed by atoms with E-state index in [-0.39, 0.29) is 22.0 Å². The second kappa shape index (κ2) is 9.94. The van der Waals surface area contributed by atoms with Crippen molar-refractivity contribution in [2.45, 2.75) is 16.3 Å². The summed E-state index contributed by atoms with van der Waals surface area (Å²) in [6.45, 7) is 0. The maximum atomic E-state index is 12.5. The van der Waals surface area contributed by atoms with E-state index in [2.05, 4.69) is 10.6 Å². The van der Waals surface area contributed by atoms with Gasteiger partial charge in [0.25, 0.3) is 0 Å². The Hall–Kier alpha value is -0.590. The molecule has 1 unspecified atom stereocenters. The molecule has 0 aliphatic rings. The van der Waals surface area contributed by atoms with Crippen LogP contribution in [0.2, 0.25) is 20.1 Å². The lowest BCUT2D eigenvalue weighted by Crippen LogP contribution is -2.46. The van der Waals surface area contributed by atoms with E-state index in [9.17, 15) is 9.59 Å². The van der Waals surface area contributed by atoms with Crippen molar-refractivity contribution in [2.75, 3.05) is 5.32 Å². The largest absolute Gasteiger partial charge is 0.330 e. The molecular formula is C17H11Cl7N2O2. The average Bonchev–Trinajstić information content (AvgIpc) is 2.56. The molecule has 2 aromatic rings. The Morgan fingerprint density at radius 1 is 0.893 bits per heavy atom. The Labute approximate surface area is 196 Å². The molecule has 0 spiro atoms. The van der Waals surface area contributed by atoms with Crippen LogP contribution in [0.1, 0.15) is 16.8 Å². The highest BCUT2D eigenvalue weighted by Crippen LogP contribution is 2.33. The summed E-state index contributed by atoms with van der Waals surface area (Å²) in [6.07, 6.45) is -0.313. The highest BCUT2D eigenvalue weighted by atomic mass is 35.6. The molecule has 0 fully saturated rings. The van der Waals surface area contributed by atoms with E-state index in [1.807, 2.05) is 0 Å². The number of alkyl halides is 3. The minimum absolute atomic E-state index is 0.154. The van der Waals surface area contributed by atoms with Gasteiger partial charge in [-0.2, -0.15) is 0 Å². The van der Waals surface area contributed by atoms with Crippen molar-refractivity contribution in [1.29, 1.82) is 0 Å². The minimum Gasteiger partial charge on any atom is -0.330 e. The molecule has 0 radical (unpaired) electrons. The first kappa shape index (κ1) is 23.7. The normalized spacial score (nSPS) is 12.4. The molecule has 0 saturated carbocycles. The fourth-order valence-electron chi connectivity index (χ4n) is 2.16. The predicted molar refractivity (Wildman–Crippen MR) is 118 cm³/mol. The van der Waals surface area contributed by atoms with Gasteiger partial charge in [-0.1, -0.05) is 81.2 Å². The monoisotopic (exact) mass is 520 g/mol. The minimum atomic E-state index is -1.95. The van der Waals surface area contributed by atoms with Crippen molar-refractivity contribution in [2.24, 2.45) is 0 Å². The fourth-order valence-corrected chi connectivity index (χ4v) is 3.37. The molecule has 28 heavy (non-hydrogen) atoms. The van der Waals surface area contributed by atoms with Crippen LogP contribution < -0.4 is 10.6 Å². The Bertz CT molecular complexity index is 900. The SMILES string of the molecule is O=C(Nc1ccc(Cl)c(Cl)c1)NC(CC(=O)c1ccc(Cl)cc1Cl)C(Cl)(Cl)Cl. The number of urea groups is 1. The molecule has 0 aliphatic heterocycles. The molecule has 0 aromatic heterocycles. The molecule has 0 saturated heterocycles. The summed E-state index contributed by atoms with van der Waals surface area (Å²) in [6, 6.07) is 7.05. The van der Waals surface area contributed by atoms with E-state index in [0.717, 1.165) is 0 Å². The lowest BCUT2D eigenvalue weighted by molar-refractivity contribution is 0.0971. The summed E-state index contributed by atoms with van der Waals surface area (Å²) in [7, 11) is 0. The summed E-state index contributed by atoms with van der Waals surface area (Å²) in [5.41, 5.74) is 0.555. The lowest BCUT2D eigenvalue weighted by atomic mass is 10.0. The third-order valence-corrected chi connectivity index (χ3v) is 5.58. The molecule has 0 heterocycles. The molecule has 4 nitrogen and oxygen atoms in total. The highest BCUT2D eigenvalue weighted by molar-refractivity contribution is 6.68. The zero-order valence-corrected chi connectivity index (χ0v) is 19.0. The van der Waals surface area contributed by atoms with Crippen molar-refractivity contribution in [1.82, 2.24) is 5.32 Å². The van der Waals surface area contributed by atoms with Gasteiger partial charge >= 0.3 is 6.03 Å². The van der Waals surface area contributed by atoms with E-state index in [0.29, 0.717) is 15.7 Å². The van der Waals surface area contributed by atoms with Crippen LogP contribution in [0.4, 0.5) is 10.5 Å². The summed E-state index contributed by atoms with van der Waals surface area (Å²) >= 11 is 41.4. The number of Topliss-reactive ketones (excluding diaryl/α,β-unsaturated/α-hetero) is 1. The standard InChI is InChI=1S/C17H11Cl7N2O2/c18-8-1-3-10(12(20)5-8)14(27)7-15(17(22,23)24)26-16(28)25-9-2-4-11(19)13(21)6-9/h1-6,15H,7H2,(H2,25,26,28). The number of halogens is 7. The topological polar surface area (TPSA) is 58.2 Å². The molecule has 11 heteroatoms. The number of anilines is 1. The van der Waals surface area contributed by atoms with Crippen LogP contribution in [-0.2, 0) is 0 Å². The van der Waals surface area contributed by atoms with Crippen LogP contribution in [-0.4, -0.2) is 21.6 Å². The van der Waals surface area contributed by atoms with Crippen LogP contribution in [0.25, 0.3) is 0 Å². The summed E-state index contributed by atoms with van der Waals surface area (Å²) in [4.78, 5) is 24.8. The number of rotatable bonds is 5. The van der Waals surface area contributed by atoms with Crippen molar-refractivity contribution in [3.05, 3.63) is 62.1 Å². The van der Waals surface area contributed by atoms with Crippen molar-refractivity contribution >= 4 is 98.7 Å². The Morgan fingerprint density at radius 2 is 1.57 bits per heavy atom. The summed E-state index contributed by atoms with van der Waals surface area (Å²) < 4.78 is -1.95. The highest BCUT2D eigenvalue weighted by Gasteiger charge is 2.36. The van der Waals surface area contributed by atoms with Crippen molar-refractivity contribution in [3.8, 4) is 0 Å². The van der Waals surface area contributed by atoms with Crippen LogP contribution in [0.15, 0.2) is 36.4 Å². The van der Waals surface area contributed by atoms with Gasteiger partial charge in [-0.25, -0.2) is 4.79 Å². The number of hydrogen-bond acceptors (Lipinski definition) is 2. The van der Waals surface area contributed by atoms with Crippen LogP contribution in [0.3, 0.4) is 0 Å². The molecule has 0 bridgehead atoms. The third kappa shape index (κ3) is 6.74. The Kier molecular flexibility index (Phi) is 8.41. The summed E-state index contributed by atoms with van der Waals surface area (Å²) in [5.74, 6) is -0.437. The molecule has 2 aromatic carbocycles. The van der Waals surface area contributed by atoms with Gasteiger partial charge < -0.3 is 10.6 Å². The number of carbonyl (C=O) groups is 2. The van der Waals surface area contributed by atoms with Gasteiger partial charge in [0.05, 0.1) is 21.1 Å². The van der Waals surface area contributed by atoms with Gasteiger partial charge in [0.15, 0.2) is 5.78 Å². The van der Waals surface area contributed by atoms with E-state index in [4.69, 9.17) is 81.2 Å². The number of ketones is 1. The van der Waals surface area contributed by atoms with Crippen LogP contribution in [0.5, 0.6) is 0 Å². The van der Waals surface area contributed by atoms with E-state index < -0.39 is 21.6 Å². The predicted octanol–water partition coefficient (Wildman–Crippen LogP) is 7.43. The number of nitrogens with one attached hydrogen (secondary N) is 2. The molecule has 0 aliphatic carbocycles. The van der Waals surface area contributed by atoms with Gasteiger partial charge in [0.2, 0.25) is 3.79 Å². The van der Waals surface area contributed by atoms with Crippen molar-refractivity contribution < 1.29 is 9.59 Å². The van der Waals surface area contributed by atoms with Crippen molar-refractivity contribution in [3.63, 3.8) is 0 Å². The van der Waals surface area contributed by atoms with E-state index in [1.54, 1.807) is 0 Å². The second-order valence-electron chi connectivity index (χ2n) is 5.57. The lowest BCUT2D eigenvalue weighted by Gasteiger charge is -2.25. The summed E-state index contributed by atoms with van der Waals surface area (Å²) in [5, 5.41) is 6.09. The molecule has 2 N–H and O–H groups in total. The number of amides is 2. The van der Waals surface area contributed by atoms with Gasteiger partial charge in [0.1, 0.15) is 0 Å². The second-order valence-corrected chi connectivity index (χ2v) is 9.60. The maximum Gasteiger partial charge on any atom is 0.319 e. The number of benzene rings is 2. The molecule has 2 rings (SSSR count). The maximum absolute atomic E-state index is 12.5. The van der Waals surface area contributed by atoms with Gasteiger partial charge in [-0.3, -0.25) is 4.79 Å². The first-order valence-corrected chi connectivity index (χ1v) is 10.2. The van der Waals surface area contributed by atoms with E-state index in [1.165, 1.54) is 36.4 Å². The third-order valence-electron chi connectivity index (χ3n) is 3.50. The van der Waals surface area contributed by atoms with Gasteiger partial charge in [-0.05, 0) is 36.4 Å². The number of hydrogen-bond donors (Lipinski definition) is 2. The molecule has 1 atom stereocenters. The zero-order chi connectivity index (χ0) is 21.1. The van der Waals surface area contributed by atoms with Crippen LogP contribution in [0, 0.1) is 0 Å². The van der Waals surface area contributed by atoms with Crippen LogP contribution >= 0.6 is 81.2 Å². The fraction of sp³-hybridized carbons (Fsp3) is 0.176. The smallest absolute Gasteiger partial charge is 0.319 e.